The average molecular weight is 270 g/mol. The first-order valence-corrected chi connectivity index (χ1v) is 8.96. The quantitative estimate of drug-likeness (QED) is 0.827. The third-order valence-corrected chi connectivity index (χ3v) is 5.56. The lowest BCUT2D eigenvalue weighted by Gasteiger charge is -2.36. The van der Waals surface area contributed by atoms with Gasteiger partial charge in [0.1, 0.15) is 0 Å². The minimum atomic E-state index is 0.790. The molecule has 106 valence electrons. The normalized spacial score (nSPS) is 30.8. The summed E-state index contributed by atoms with van der Waals surface area (Å²) in [6.45, 7) is 9.83. The molecule has 1 aliphatic carbocycles. The van der Waals surface area contributed by atoms with E-state index in [1.165, 1.54) is 63.4 Å². The highest BCUT2D eigenvalue weighted by Gasteiger charge is 2.26. The average Bonchev–Trinajstić information content (AvgIpc) is 2.40. The van der Waals surface area contributed by atoms with Crippen molar-refractivity contribution in [3.05, 3.63) is 0 Å². The van der Waals surface area contributed by atoms with Gasteiger partial charge in [-0.3, -0.25) is 0 Å². The number of hydrogen-bond acceptors (Lipinski definition) is 3. The first-order chi connectivity index (χ1) is 8.77. The molecule has 2 unspecified atom stereocenters. The van der Waals surface area contributed by atoms with E-state index in [9.17, 15) is 0 Å². The lowest BCUT2D eigenvalue weighted by molar-refractivity contribution is 0.197. The molecule has 0 bridgehead atoms. The van der Waals surface area contributed by atoms with Crippen LogP contribution in [-0.2, 0) is 0 Å². The van der Waals surface area contributed by atoms with Crippen molar-refractivity contribution in [2.45, 2.75) is 45.6 Å². The highest BCUT2D eigenvalue weighted by molar-refractivity contribution is 7.99. The zero-order valence-electron chi connectivity index (χ0n) is 12.2. The summed E-state index contributed by atoms with van der Waals surface area (Å²) in [6.07, 6.45) is 5.72. The zero-order valence-corrected chi connectivity index (χ0v) is 13.0. The lowest BCUT2D eigenvalue weighted by atomic mass is 9.78. The molecule has 2 atom stereocenters. The Morgan fingerprint density at radius 1 is 1.17 bits per heavy atom. The third kappa shape index (κ3) is 4.43. The van der Waals surface area contributed by atoms with Crippen LogP contribution in [0.3, 0.4) is 0 Å². The summed E-state index contributed by atoms with van der Waals surface area (Å²) in [7, 11) is 0. The number of nitrogens with zero attached hydrogens (tertiary/aromatic N) is 1. The molecule has 0 spiro atoms. The maximum Gasteiger partial charge on any atom is 0.0108 e. The van der Waals surface area contributed by atoms with Crippen LogP contribution in [0.15, 0.2) is 0 Å². The Morgan fingerprint density at radius 3 is 2.61 bits per heavy atom. The smallest absolute Gasteiger partial charge is 0.0108 e. The topological polar surface area (TPSA) is 15.3 Å². The molecule has 0 amide bonds. The maximum absolute atomic E-state index is 3.85. The number of thioether (sulfide) groups is 1. The summed E-state index contributed by atoms with van der Waals surface area (Å²) in [5, 5.41) is 3.85. The Labute approximate surface area is 117 Å². The Hall–Kier alpha value is 0.270. The molecule has 2 rings (SSSR count). The summed E-state index contributed by atoms with van der Waals surface area (Å²) < 4.78 is 0. The molecule has 0 aromatic rings. The molecule has 0 aromatic carbocycles. The van der Waals surface area contributed by atoms with Gasteiger partial charge in [-0.25, -0.2) is 0 Å². The summed E-state index contributed by atoms with van der Waals surface area (Å²) in [5.41, 5.74) is 0. The second kappa shape index (κ2) is 7.76. The Balaban J connectivity index is 1.67. The molecule has 0 radical (unpaired) electrons. The summed E-state index contributed by atoms with van der Waals surface area (Å²) in [6, 6.07) is 0.790. The van der Waals surface area contributed by atoms with Crippen molar-refractivity contribution >= 4 is 11.8 Å². The SMILES string of the molecule is CC(C)C1CCCCC1NCCN1CCSCC1. The van der Waals surface area contributed by atoms with Crippen LogP contribution < -0.4 is 5.32 Å². The fraction of sp³-hybridized carbons (Fsp3) is 1.00. The van der Waals surface area contributed by atoms with Gasteiger partial charge in [-0.2, -0.15) is 11.8 Å². The number of hydrogen-bond donors (Lipinski definition) is 1. The monoisotopic (exact) mass is 270 g/mol. The minimum Gasteiger partial charge on any atom is -0.312 e. The molecule has 18 heavy (non-hydrogen) atoms. The van der Waals surface area contributed by atoms with Crippen LogP contribution in [0.2, 0.25) is 0 Å². The molecule has 2 aliphatic rings. The second-order valence-corrected chi connectivity index (χ2v) is 7.43. The highest BCUT2D eigenvalue weighted by atomic mass is 32.2. The molecule has 1 heterocycles. The Kier molecular flexibility index (Phi) is 6.33. The van der Waals surface area contributed by atoms with Crippen LogP contribution in [0, 0.1) is 11.8 Å². The van der Waals surface area contributed by atoms with Crippen LogP contribution in [0.25, 0.3) is 0 Å². The predicted octanol–water partition coefficient (Wildman–Crippen LogP) is 2.84. The van der Waals surface area contributed by atoms with E-state index in [4.69, 9.17) is 0 Å². The van der Waals surface area contributed by atoms with Crippen molar-refractivity contribution in [2.75, 3.05) is 37.7 Å². The van der Waals surface area contributed by atoms with Crippen molar-refractivity contribution in [1.82, 2.24) is 10.2 Å². The van der Waals surface area contributed by atoms with Gasteiger partial charge in [-0.15, -0.1) is 0 Å². The van der Waals surface area contributed by atoms with Crippen molar-refractivity contribution in [2.24, 2.45) is 11.8 Å². The van der Waals surface area contributed by atoms with Crippen LogP contribution in [-0.4, -0.2) is 48.6 Å². The standard InChI is InChI=1S/C15H30N2S/c1-13(2)14-5-3-4-6-15(14)16-7-8-17-9-11-18-12-10-17/h13-16H,3-12H2,1-2H3. The minimum absolute atomic E-state index is 0.790. The Morgan fingerprint density at radius 2 is 1.89 bits per heavy atom. The summed E-state index contributed by atoms with van der Waals surface area (Å²) >= 11 is 2.10. The van der Waals surface area contributed by atoms with E-state index >= 15 is 0 Å². The van der Waals surface area contributed by atoms with E-state index in [-0.39, 0.29) is 0 Å². The first kappa shape index (κ1) is 14.7. The highest BCUT2D eigenvalue weighted by Crippen LogP contribution is 2.30. The summed E-state index contributed by atoms with van der Waals surface area (Å²) in [4.78, 5) is 2.62. The van der Waals surface area contributed by atoms with Gasteiger partial charge in [0.2, 0.25) is 0 Å². The van der Waals surface area contributed by atoms with Crippen molar-refractivity contribution in [3.8, 4) is 0 Å². The van der Waals surface area contributed by atoms with Crippen LogP contribution in [0.4, 0.5) is 0 Å². The van der Waals surface area contributed by atoms with Crippen LogP contribution >= 0.6 is 11.8 Å². The lowest BCUT2D eigenvalue weighted by Crippen LogP contribution is -2.45. The number of rotatable bonds is 5. The number of nitrogens with one attached hydrogen (secondary N) is 1. The Bertz CT molecular complexity index is 227. The van der Waals surface area contributed by atoms with E-state index in [1.807, 2.05) is 0 Å². The first-order valence-electron chi connectivity index (χ1n) is 7.81. The second-order valence-electron chi connectivity index (χ2n) is 6.21. The van der Waals surface area contributed by atoms with E-state index in [1.54, 1.807) is 0 Å². The van der Waals surface area contributed by atoms with Gasteiger partial charge in [0.25, 0.3) is 0 Å². The van der Waals surface area contributed by atoms with E-state index in [0.717, 1.165) is 17.9 Å². The van der Waals surface area contributed by atoms with Gasteiger partial charge < -0.3 is 10.2 Å². The van der Waals surface area contributed by atoms with Gasteiger partial charge >= 0.3 is 0 Å². The molecule has 1 saturated carbocycles. The molecular formula is C15H30N2S. The molecule has 1 aliphatic heterocycles. The van der Waals surface area contributed by atoms with Crippen molar-refractivity contribution in [3.63, 3.8) is 0 Å². The van der Waals surface area contributed by atoms with Crippen molar-refractivity contribution < 1.29 is 0 Å². The van der Waals surface area contributed by atoms with Crippen LogP contribution in [0.1, 0.15) is 39.5 Å². The molecular weight excluding hydrogens is 240 g/mol. The molecule has 1 N–H and O–H groups in total. The van der Waals surface area contributed by atoms with Gasteiger partial charge in [0.15, 0.2) is 0 Å². The predicted molar refractivity (Wildman–Crippen MR) is 82.4 cm³/mol. The third-order valence-electron chi connectivity index (χ3n) is 4.61. The van der Waals surface area contributed by atoms with E-state index < -0.39 is 0 Å². The van der Waals surface area contributed by atoms with E-state index in [2.05, 4.69) is 35.8 Å². The van der Waals surface area contributed by atoms with Crippen LogP contribution in [0.5, 0.6) is 0 Å². The zero-order chi connectivity index (χ0) is 12.8. The fourth-order valence-corrected chi connectivity index (χ4v) is 4.42. The van der Waals surface area contributed by atoms with Gasteiger partial charge in [-0.1, -0.05) is 26.7 Å². The molecule has 2 nitrogen and oxygen atoms in total. The summed E-state index contributed by atoms with van der Waals surface area (Å²) in [5.74, 6) is 4.42. The molecule has 0 aromatic heterocycles. The largest absolute Gasteiger partial charge is 0.312 e. The van der Waals surface area contributed by atoms with Crippen molar-refractivity contribution in [1.29, 1.82) is 0 Å². The van der Waals surface area contributed by atoms with Gasteiger partial charge in [0.05, 0.1) is 0 Å². The fourth-order valence-electron chi connectivity index (χ4n) is 3.44. The molecule has 1 saturated heterocycles. The molecule has 2 fully saturated rings. The maximum atomic E-state index is 3.85. The van der Waals surface area contributed by atoms with Gasteiger partial charge in [0, 0.05) is 43.7 Å². The van der Waals surface area contributed by atoms with E-state index in [0.29, 0.717) is 0 Å². The van der Waals surface area contributed by atoms with Gasteiger partial charge in [-0.05, 0) is 24.7 Å². The molecule has 3 heteroatoms.